The molecule has 2 fully saturated rings. The van der Waals surface area contributed by atoms with Crippen molar-refractivity contribution in [2.75, 3.05) is 17.1 Å². The van der Waals surface area contributed by atoms with E-state index in [0.29, 0.717) is 16.5 Å². The molecule has 0 N–H and O–H groups in total. The molecule has 8 heteroatoms. The number of carbonyl (C=O) groups is 2. The van der Waals surface area contributed by atoms with Crippen molar-refractivity contribution < 1.29 is 19.2 Å². The molecule has 0 aromatic heterocycles. The van der Waals surface area contributed by atoms with E-state index in [0.717, 1.165) is 15.7 Å². The number of nitrogens with zero attached hydrogens (tertiary/aromatic N) is 2. The normalized spacial score (nSPS) is 22.4. The number of carbonyl (C=O) groups excluding carboxylic acids is 2. The minimum Gasteiger partial charge on any atom is -0.496 e. The highest BCUT2D eigenvalue weighted by atomic mass is 79.9. The summed E-state index contributed by atoms with van der Waals surface area (Å²) >= 11 is 9.50. The molecule has 2 aliphatic rings. The molecule has 2 amide bonds. The zero-order valence-corrected chi connectivity index (χ0v) is 19.3. The average molecular weight is 514 g/mol. The van der Waals surface area contributed by atoms with E-state index in [2.05, 4.69) is 15.9 Å². The van der Waals surface area contributed by atoms with E-state index in [1.807, 2.05) is 48.5 Å². The molecule has 0 unspecified atom stereocenters. The number of halogens is 2. The second-order valence-electron chi connectivity index (χ2n) is 7.53. The summed E-state index contributed by atoms with van der Waals surface area (Å²) in [6.45, 7) is 0. The summed E-state index contributed by atoms with van der Waals surface area (Å²) in [5.74, 6) is -0.873. The number of methoxy groups -OCH3 is 1. The summed E-state index contributed by atoms with van der Waals surface area (Å²) in [6.07, 6.45) is -0.952. The van der Waals surface area contributed by atoms with Gasteiger partial charge in [-0.2, -0.15) is 0 Å². The van der Waals surface area contributed by atoms with Crippen molar-refractivity contribution in [1.82, 2.24) is 0 Å². The Hall–Kier alpha value is -2.87. The lowest BCUT2D eigenvalue weighted by molar-refractivity contribution is -0.126. The first-order valence-corrected chi connectivity index (χ1v) is 11.1. The van der Waals surface area contributed by atoms with Crippen LogP contribution in [0.15, 0.2) is 77.3 Å². The summed E-state index contributed by atoms with van der Waals surface area (Å²) in [4.78, 5) is 34.3. The van der Waals surface area contributed by atoms with Crippen molar-refractivity contribution in [3.05, 3.63) is 87.9 Å². The fourth-order valence-corrected chi connectivity index (χ4v) is 4.81. The Morgan fingerprint density at radius 1 is 0.938 bits per heavy atom. The molecule has 0 radical (unpaired) electrons. The lowest BCUT2D eigenvalue weighted by atomic mass is 9.90. The van der Waals surface area contributed by atoms with Gasteiger partial charge in [0.05, 0.1) is 24.5 Å². The molecule has 32 heavy (non-hydrogen) atoms. The van der Waals surface area contributed by atoms with Gasteiger partial charge in [0.25, 0.3) is 5.91 Å². The van der Waals surface area contributed by atoms with Gasteiger partial charge in [0, 0.05) is 15.1 Å². The van der Waals surface area contributed by atoms with Gasteiger partial charge in [-0.1, -0.05) is 45.7 Å². The molecular weight excluding hydrogens is 496 g/mol. The Bertz CT molecular complexity index is 1190. The standard InChI is InChI=1S/C24H18BrClN2O4/c1-31-19-12-7-14(25)13-18(19)21-20-22(32-28(21)17-5-3-2-4-6-17)24(30)27(23(20)29)16-10-8-15(26)9-11-16/h2-13,20-22H,1H3/t20-,21-,22+/m1/s1. The smallest absolute Gasteiger partial charge is 0.266 e. The molecule has 5 rings (SSSR count). The van der Waals surface area contributed by atoms with Gasteiger partial charge in [0.15, 0.2) is 6.10 Å². The van der Waals surface area contributed by atoms with E-state index < -0.39 is 24.0 Å². The van der Waals surface area contributed by atoms with Crippen LogP contribution >= 0.6 is 27.5 Å². The highest BCUT2D eigenvalue weighted by molar-refractivity contribution is 9.10. The Balaban J connectivity index is 1.63. The summed E-state index contributed by atoms with van der Waals surface area (Å²) in [6, 6.07) is 21.1. The Morgan fingerprint density at radius 2 is 1.66 bits per heavy atom. The van der Waals surface area contributed by atoms with E-state index in [4.69, 9.17) is 21.2 Å². The van der Waals surface area contributed by atoms with Gasteiger partial charge in [-0.25, -0.2) is 9.96 Å². The maximum Gasteiger partial charge on any atom is 0.266 e. The van der Waals surface area contributed by atoms with Gasteiger partial charge in [0.1, 0.15) is 11.7 Å². The predicted molar refractivity (Wildman–Crippen MR) is 125 cm³/mol. The number of fused-ring (bicyclic) bond motifs is 1. The van der Waals surface area contributed by atoms with Crippen LogP contribution in [-0.2, 0) is 14.4 Å². The van der Waals surface area contributed by atoms with Gasteiger partial charge in [-0.15, -0.1) is 0 Å². The summed E-state index contributed by atoms with van der Waals surface area (Å²) < 4.78 is 6.43. The summed E-state index contributed by atoms with van der Waals surface area (Å²) in [7, 11) is 1.58. The van der Waals surface area contributed by atoms with Crippen LogP contribution in [0.4, 0.5) is 11.4 Å². The molecule has 3 aromatic carbocycles. The van der Waals surface area contributed by atoms with Crippen molar-refractivity contribution in [2.24, 2.45) is 5.92 Å². The summed E-state index contributed by atoms with van der Waals surface area (Å²) in [5.41, 5.74) is 1.96. The first kappa shape index (κ1) is 21.0. The number of ether oxygens (including phenoxy) is 1. The number of para-hydroxylation sites is 1. The van der Waals surface area contributed by atoms with Crippen LogP contribution in [0.5, 0.6) is 5.75 Å². The van der Waals surface area contributed by atoms with Gasteiger partial charge >= 0.3 is 0 Å². The van der Waals surface area contributed by atoms with Crippen LogP contribution in [0, 0.1) is 5.92 Å². The predicted octanol–water partition coefficient (Wildman–Crippen LogP) is 5.16. The highest BCUT2D eigenvalue weighted by Gasteiger charge is 2.60. The summed E-state index contributed by atoms with van der Waals surface area (Å²) in [5, 5.41) is 2.17. The van der Waals surface area contributed by atoms with E-state index >= 15 is 0 Å². The Labute approximate surface area is 198 Å². The van der Waals surface area contributed by atoms with E-state index in [-0.39, 0.29) is 5.91 Å². The lowest BCUT2D eigenvalue weighted by Gasteiger charge is -2.29. The number of hydroxylamine groups is 1. The Kier molecular flexibility index (Phi) is 5.41. The molecule has 3 aromatic rings. The molecular formula is C24H18BrClN2O4. The van der Waals surface area contributed by atoms with Gasteiger partial charge in [-0.05, 0) is 54.6 Å². The van der Waals surface area contributed by atoms with Crippen molar-refractivity contribution in [3.8, 4) is 5.75 Å². The second kappa shape index (κ2) is 8.24. The minimum atomic E-state index is -0.952. The van der Waals surface area contributed by atoms with Crippen molar-refractivity contribution in [2.45, 2.75) is 12.1 Å². The fourth-order valence-electron chi connectivity index (χ4n) is 4.31. The molecule has 0 aliphatic carbocycles. The molecule has 0 bridgehead atoms. The number of amides is 2. The third-order valence-corrected chi connectivity index (χ3v) is 6.47. The molecule has 162 valence electrons. The quantitative estimate of drug-likeness (QED) is 0.451. The van der Waals surface area contributed by atoms with Crippen LogP contribution in [-0.4, -0.2) is 25.0 Å². The van der Waals surface area contributed by atoms with Crippen LogP contribution in [0.25, 0.3) is 0 Å². The first-order chi connectivity index (χ1) is 15.5. The monoisotopic (exact) mass is 512 g/mol. The van der Waals surface area contributed by atoms with Crippen molar-refractivity contribution in [1.29, 1.82) is 0 Å². The molecule has 0 spiro atoms. The van der Waals surface area contributed by atoms with Crippen LogP contribution in [0.2, 0.25) is 5.02 Å². The number of imide groups is 1. The molecule has 2 heterocycles. The first-order valence-electron chi connectivity index (χ1n) is 9.97. The molecule has 3 atom stereocenters. The third kappa shape index (κ3) is 3.37. The second-order valence-corrected chi connectivity index (χ2v) is 8.88. The average Bonchev–Trinajstić information content (AvgIpc) is 3.31. The Morgan fingerprint density at radius 3 is 2.34 bits per heavy atom. The molecule has 0 saturated carbocycles. The van der Waals surface area contributed by atoms with Gasteiger partial charge in [0.2, 0.25) is 5.91 Å². The van der Waals surface area contributed by atoms with Crippen molar-refractivity contribution >= 4 is 50.7 Å². The van der Waals surface area contributed by atoms with E-state index in [9.17, 15) is 9.59 Å². The van der Waals surface area contributed by atoms with Crippen LogP contribution < -0.4 is 14.7 Å². The van der Waals surface area contributed by atoms with Gasteiger partial charge < -0.3 is 4.74 Å². The number of hydrogen-bond acceptors (Lipinski definition) is 5. The highest BCUT2D eigenvalue weighted by Crippen LogP contribution is 2.49. The SMILES string of the molecule is COc1ccc(Br)cc1[C@@H]1[C@H]2C(=O)N(c3ccc(Cl)cc3)C(=O)[C@H]2ON1c1ccccc1. The third-order valence-electron chi connectivity index (χ3n) is 5.72. The zero-order chi connectivity index (χ0) is 22.4. The van der Waals surface area contributed by atoms with E-state index in [1.165, 1.54) is 4.90 Å². The minimum absolute atomic E-state index is 0.326. The van der Waals surface area contributed by atoms with Crippen molar-refractivity contribution in [3.63, 3.8) is 0 Å². The molecule has 2 saturated heterocycles. The van der Waals surface area contributed by atoms with Crippen LogP contribution in [0.1, 0.15) is 11.6 Å². The van der Waals surface area contributed by atoms with Gasteiger partial charge in [-0.3, -0.25) is 14.4 Å². The van der Waals surface area contributed by atoms with E-state index in [1.54, 1.807) is 36.4 Å². The number of benzene rings is 3. The number of anilines is 2. The molecule has 6 nitrogen and oxygen atoms in total. The lowest BCUT2D eigenvalue weighted by Crippen LogP contribution is -2.37. The topological polar surface area (TPSA) is 59.1 Å². The number of rotatable bonds is 4. The van der Waals surface area contributed by atoms with Crippen LogP contribution in [0.3, 0.4) is 0 Å². The molecule has 2 aliphatic heterocycles. The fraction of sp³-hybridized carbons (Fsp3) is 0.167. The zero-order valence-electron chi connectivity index (χ0n) is 16.9. The number of hydrogen-bond donors (Lipinski definition) is 0. The maximum absolute atomic E-state index is 13.6. The largest absolute Gasteiger partial charge is 0.496 e. The maximum atomic E-state index is 13.6.